The molecule has 1 aromatic carbocycles. The zero-order chi connectivity index (χ0) is 16.1. The van der Waals surface area contributed by atoms with Gasteiger partial charge in [-0.05, 0) is 38.3 Å². The molecule has 1 aliphatic heterocycles. The van der Waals surface area contributed by atoms with Crippen molar-refractivity contribution in [3.8, 4) is 0 Å². The molecular formula is C17H23FN2O2. The summed E-state index contributed by atoms with van der Waals surface area (Å²) in [5, 5.41) is 2.98. The Morgan fingerprint density at radius 2 is 1.95 bits per heavy atom. The van der Waals surface area contributed by atoms with Crippen molar-refractivity contribution in [2.24, 2.45) is 5.92 Å². The average molecular weight is 306 g/mol. The molecule has 5 heteroatoms. The van der Waals surface area contributed by atoms with E-state index in [1.165, 1.54) is 12.1 Å². The number of benzene rings is 1. The molecule has 1 fully saturated rings. The van der Waals surface area contributed by atoms with Crippen LogP contribution in [-0.4, -0.2) is 35.8 Å². The Hall–Kier alpha value is -1.91. The summed E-state index contributed by atoms with van der Waals surface area (Å²) in [7, 11) is 0. The summed E-state index contributed by atoms with van der Waals surface area (Å²) >= 11 is 0. The number of carbonyl (C=O) groups excluding carboxylic acids is 2. The molecule has 2 rings (SSSR count). The molecule has 4 nitrogen and oxygen atoms in total. The lowest BCUT2D eigenvalue weighted by Gasteiger charge is -2.32. The molecule has 0 saturated carbocycles. The van der Waals surface area contributed by atoms with Crippen molar-refractivity contribution in [3.63, 3.8) is 0 Å². The summed E-state index contributed by atoms with van der Waals surface area (Å²) in [6.45, 7) is 4.99. The first-order valence-electron chi connectivity index (χ1n) is 7.87. The van der Waals surface area contributed by atoms with Crippen LogP contribution >= 0.6 is 0 Å². The van der Waals surface area contributed by atoms with E-state index in [4.69, 9.17) is 0 Å². The van der Waals surface area contributed by atoms with Gasteiger partial charge in [0.1, 0.15) is 5.82 Å². The molecule has 22 heavy (non-hydrogen) atoms. The van der Waals surface area contributed by atoms with Crippen LogP contribution in [0.25, 0.3) is 0 Å². The summed E-state index contributed by atoms with van der Waals surface area (Å²) in [6.07, 6.45) is 2.15. The van der Waals surface area contributed by atoms with Crippen molar-refractivity contribution in [2.45, 2.75) is 39.2 Å². The fourth-order valence-corrected chi connectivity index (χ4v) is 2.61. The van der Waals surface area contributed by atoms with Gasteiger partial charge in [-0.15, -0.1) is 0 Å². The number of nitrogens with one attached hydrogen (secondary N) is 1. The third kappa shape index (κ3) is 3.84. The Morgan fingerprint density at radius 1 is 1.32 bits per heavy atom. The molecule has 1 aromatic rings. The number of hydrogen-bond acceptors (Lipinski definition) is 2. The Bertz CT molecular complexity index is 539. The molecule has 0 spiro atoms. The predicted molar refractivity (Wildman–Crippen MR) is 82.9 cm³/mol. The molecule has 1 unspecified atom stereocenters. The topological polar surface area (TPSA) is 49.4 Å². The second-order valence-electron chi connectivity index (χ2n) is 5.86. The van der Waals surface area contributed by atoms with E-state index >= 15 is 0 Å². The second kappa shape index (κ2) is 7.38. The molecule has 0 bridgehead atoms. The first-order valence-corrected chi connectivity index (χ1v) is 7.87. The molecule has 1 atom stereocenters. The van der Waals surface area contributed by atoms with Gasteiger partial charge in [0.05, 0.1) is 5.56 Å². The number of nitrogens with zero attached hydrogens (tertiary/aromatic N) is 1. The Morgan fingerprint density at radius 3 is 2.55 bits per heavy atom. The largest absolute Gasteiger partial charge is 0.353 e. The highest BCUT2D eigenvalue weighted by Gasteiger charge is 2.28. The van der Waals surface area contributed by atoms with Crippen LogP contribution in [0.4, 0.5) is 4.39 Å². The van der Waals surface area contributed by atoms with Gasteiger partial charge in [-0.25, -0.2) is 4.39 Å². The molecule has 1 saturated heterocycles. The standard InChI is InChI=1S/C17H23FN2O2/c1-3-12(2)19-16(21)13-8-10-20(11-9-13)17(22)14-6-4-5-7-15(14)18/h4-7,12-13H,3,8-11H2,1-2H3,(H,19,21). The lowest BCUT2D eigenvalue weighted by atomic mass is 9.95. The van der Waals surface area contributed by atoms with Crippen molar-refractivity contribution < 1.29 is 14.0 Å². The van der Waals surface area contributed by atoms with Gasteiger partial charge in [0.2, 0.25) is 5.91 Å². The number of carbonyl (C=O) groups is 2. The van der Waals surface area contributed by atoms with E-state index in [1.54, 1.807) is 17.0 Å². The van der Waals surface area contributed by atoms with Gasteiger partial charge < -0.3 is 10.2 Å². The van der Waals surface area contributed by atoms with Gasteiger partial charge in [0.25, 0.3) is 5.91 Å². The van der Waals surface area contributed by atoms with E-state index in [9.17, 15) is 14.0 Å². The molecule has 0 aliphatic carbocycles. The normalized spacial score (nSPS) is 17.1. The van der Waals surface area contributed by atoms with Gasteiger partial charge in [0.15, 0.2) is 0 Å². The van der Waals surface area contributed by atoms with E-state index in [2.05, 4.69) is 5.32 Å². The number of piperidine rings is 1. The molecule has 0 radical (unpaired) electrons. The fraction of sp³-hybridized carbons (Fsp3) is 0.529. The van der Waals surface area contributed by atoms with Crippen molar-refractivity contribution in [1.29, 1.82) is 0 Å². The number of halogens is 1. The Labute approximate surface area is 130 Å². The maximum atomic E-state index is 13.7. The van der Waals surface area contributed by atoms with Gasteiger partial charge in [0, 0.05) is 25.0 Å². The third-order valence-corrected chi connectivity index (χ3v) is 4.26. The highest BCUT2D eigenvalue weighted by Crippen LogP contribution is 2.20. The minimum atomic E-state index is -0.496. The monoisotopic (exact) mass is 306 g/mol. The highest BCUT2D eigenvalue weighted by molar-refractivity contribution is 5.94. The van der Waals surface area contributed by atoms with Crippen LogP contribution in [-0.2, 0) is 4.79 Å². The molecule has 120 valence electrons. The molecular weight excluding hydrogens is 283 g/mol. The van der Waals surface area contributed by atoms with Crippen molar-refractivity contribution in [3.05, 3.63) is 35.6 Å². The molecule has 1 N–H and O–H groups in total. The number of rotatable bonds is 4. The smallest absolute Gasteiger partial charge is 0.256 e. The molecule has 0 aromatic heterocycles. The lowest BCUT2D eigenvalue weighted by molar-refractivity contribution is -0.126. The van der Waals surface area contributed by atoms with Gasteiger partial charge in [-0.3, -0.25) is 9.59 Å². The van der Waals surface area contributed by atoms with E-state index in [0.29, 0.717) is 25.9 Å². The van der Waals surface area contributed by atoms with Crippen LogP contribution in [0.15, 0.2) is 24.3 Å². The first-order chi connectivity index (χ1) is 10.5. The Balaban J connectivity index is 1.91. The molecule has 1 heterocycles. The van der Waals surface area contributed by atoms with Crippen molar-refractivity contribution >= 4 is 11.8 Å². The highest BCUT2D eigenvalue weighted by atomic mass is 19.1. The average Bonchev–Trinajstić information content (AvgIpc) is 2.54. The molecule has 1 aliphatic rings. The zero-order valence-electron chi connectivity index (χ0n) is 13.1. The SMILES string of the molecule is CCC(C)NC(=O)C1CCN(C(=O)c2ccccc2F)CC1. The summed E-state index contributed by atoms with van der Waals surface area (Å²) in [5.41, 5.74) is 0.102. The summed E-state index contributed by atoms with van der Waals surface area (Å²) < 4.78 is 13.7. The first kappa shape index (κ1) is 16.5. The van der Waals surface area contributed by atoms with Gasteiger partial charge in [-0.2, -0.15) is 0 Å². The van der Waals surface area contributed by atoms with E-state index < -0.39 is 5.82 Å². The summed E-state index contributed by atoms with van der Waals surface area (Å²) in [5.74, 6) is -0.783. The van der Waals surface area contributed by atoms with Crippen LogP contribution in [0.3, 0.4) is 0 Å². The number of hydrogen-bond donors (Lipinski definition) is 1. The third-order valence-electron chi connectivity index (χ3n) is 4.26. The van der Waals surface area contributed by atoms with Gasteiger partial charge in [-0.1, -0.05) is 19.1 Å². The molecule has 2 amide bonds. The van der Waals surface area contributed by atoms with Crippen molar-refractivity contribution in [1.82, 2.24) is 10.2 Å². The maximum absolute atomic E-state index is 13.7. The fourth-order valence-electron chi connectivity index (χ4n) is 2.61. The lowest BCUT2D eigenvalue weighted by Crippen LogP contribution is -2.44. The van der Waals surface area contributed by atoms with E-state index in [1.807, 2.05) is 13.8 Å². The summed E-state index contributed by atoms with van der Waals surface area (Å²) in [6, 6.07) is 6.18. The number of amides is 2. The maximum Gasteiger partial charge on any atom is 0.256 e. The zero-order valence-corrected chi connectivity index (χ0v) is 13.1. The van der Waals surface area contributed by atoms with Crippen LogP contribution in [0.1, 0.15) is 43.5 Å². The number of likely N-dealkylation sites (tertiary alicyclic amines) is 1. The predicted octanol–water partition coefficient (Wildman–Crippen LogP) is 2.59. The summed E-state index contributed by atoms with van der Waals surface area (Å²) in [4.78, 5) is 26.0. The van der Waals surface area contributed by atoms with Gasteiger partial charge >= 0.3 is 0 Å². The second-order valence-corrected chi connectivity index (χ2v) is 5.86. The van der Waals surface area contributed by atoms with Crippen molar-refractivity contribution in [2.75, 3.05) is 13.1 Å². The van der Waals surface area contributed by atoms with Crippen LogP contribution in [0.5, 0.6) is 0 Å². The van der Waals surface area contributed by atoms with E-state index in [0.717, 1.165) is 6.42 Å². The Kier molecular flexibility index (Phi) is 5.52. The van der Waals surface area contributed by atoms with E-state index in [-0.39, 0.29) is 29.3 Å². The quantitative estimate of drug-likeness (QED) is 0.929. The minimum absolute atomic E-state index is 0.0568. The van der Waals surface area contributed by atoms with Crippen LogP contribution in [0, 0.1) is 11.7 Å². The van der Waals surface area contributed by atoms with Crippen LogP contribution in [0.2, 0.25) is 0 Å². The minimum Gasteiger partial charge on any atom is -0.353 e. The van der Waals surface area contributed by atoms with Crippen LogP contribution < -0.4 is 5.32 Å².